The van der Waals surface area contributed by atoms with Crippen molar-refractivity contribution in [3.8, 4) is 0 Å². The standard InChI is InChI=1S/C14H10Cl2FN/c15-9-14(12-3-1-2-4-13(12)16)18-11-7-5-10(17)6-8-11/h1-8H,9H2. The molecule has 18 heavy (non-hydrogen) atoms. The third kappa shape index (κ3) is 3.09. The maximum Gasteiger partial charge on any atom is 0.123 e. The van der Waals surface area contributed by atoms with Crippen molar-refractivity contribution < 1.29 is 4.39 Å². The molecule has 0 fully saturated rings. The molecule has 0 amide bonds. The molecule has 2 rings (SSSR count). The smallest absolute Gasteiger partial charge is 0.123 e. The lowest BCUT2D eigenvalue weighted by Gasteiger charge is -2.05. The summed E-state index contributed by atoms with van der Waals surface area (Å²) in [6.07, 6.45) is 0. The number of benzene rings is 2. The molecular weight excluding hydrogens is 272 g/mol. The molecule has 0 spiro atoms. The van der Waals surface area contributed by atoms with Crippen molar-refractivity contribution in [1.29, 1.82) is 0 Å². The molecule has 0 heterocycles. The normalized spacial score (nSPS) is 11.6. The van der Waals surface area contributed by atoms with E-state index in [1.165, 1.54) is 12.1 Å². The van der Waals surface area contributed by atoms with Gasteiger partial charge >= 0.3 is 0 Å². The zero-order valence-corrected chi connectivity index (χ0v) is 10.9. The monoisotopic (exact) mass is 281 g/mol. The van der Waals surface area contributed by atoms with E-state index in [2.05, 4.69) is 4.99 Å². The highest BCUT2D eigenvalue weighted by molar-refractivity contribution is 6.38. The molecular formula is C14H10Cl2FN. The molecule has 0 unspecified atom stereocenters. The van der Waals surface area contributed by atoms with Crippen LogP contribution < -0.4 is 0 Å². The number of nitrogens with zero attached hydrogens (tertiary/aromatic N) is 1. The molecule has 0 saturated heterocycles. The first kappa shape index (κ1) is 13.1. The van der Waals surface area contributed by atoms with Crippen LogP contribution in [0.15, 0.2) is 53.5 Å². The van der Waals surface area contributed by atoms with E-state index < -0.39 is 0 Å². The molecule has 0 atom stereocenters. The Labute approximate surface area is 115 Å². The fraction of sp³-hybridized carbons (Fsp3) is 0.0714. The highest BCUT2D eigenvalue weighted by atomic mass is 35.5. The molecule has 92 valence electrons. The van der Waals surface area contributed by atoms with Gasteiger partial charge in [0.25, 0.3) is 0 Å². The Hall–Kier alpha value is -1.38. The molecule has 0 aliphatic rings. The maximum atomic E-state index is 12.8. The Morgan fingerprint density at radius 3 is 2.33 bits per heavy atom. The summed E-state index contributed by atoms with van der Waals surface area (Å²) in [4.78, 5) is 4.38. The van der Waals surface area contributed by atoms with Crippen LogP contribution in [0.1, 0.15) is 5.56 Å². The van der Waals surface area contributed by atoms with Crippen LogP contribution in [0.5, 0.6) is 0 Å². The van der Waals surface area contributed by atoms with Gasteiger partial charge in [-0.2, -0.15) is 0 Å². The summed E-state index contributed by atoms with van der Waals surface area (Å²) in [5.41, 5.74) is 2.10. The highest BCUT2D eigenvalue weighted by Gasteiger charge is 2.06. The fourth-order valence-corrected chi connectivity index (χ4v) is 1.98. The summed E-state index contributed by atoms with van der Waals surface area (Å²) in [6.45, 7) is 0. The summed E-state index contributed by atoms with van der Waals surface area (Å²) in [5.74, 6) is -0.0553. The first-order chi connectivity index (χ1) is 8.70. The molecule has 1 nitrogen and oxygen atoms in total. The first-order valence-corrected chi connectivity index (χ1v) is 6.26. The number of alkyl halides is 1. The third-order valence-electron chi connectivity index (χ3n) is 2.40. The van der Waals surface area contributed by atoms with Gasteiger partial charge in [-0.25, -0.2) is 4.39 Å². The minimum atomic E-state index is -0.292. The Kier molecular flexibility index (Phi) is 4.34. The molecule has 0 bridgehead atoms. The zero-order chi connectivity index (χ0) is 13.0. The number of hydrogen-bond acceptors (Lipinski definition) is 1. The van der Waals surface area contributed by atoms with Gasteiger partial charge in [0, 0.05) is 10.6 Å². The van der Waals surface area contributed by atoms with Crippen LogP contribution in [0.4, 0.5) is 10.1 Å². The molecule has 0 aliphatic carbocycles. The third-order valence-corrected chi connectivity index (χ3v) is 2.98. The first-order valence-electron chi connectivity index (χ1n) is 5.34. The Balaban J connectivity index is 2.40. The topological polar surface area (TPSA) is 12.4 Å². The largest absolute Gasteiger partial charge is 0.252 e. The molecule has 0 aliphatic heterocycles. The van der Waals surface area contributed by atoms with Crippen molar-refractivity contribution in [2.45, 2.75) is 0 Å². The van der Waals surface area contributed by atoms with E-state index in [0.717, 1.165) is 5.56 Å². The van der Waals surface area contributed by atoms with Gasteiger partial charge in [0.2, 0.25) is 0 Å². The number of halogens is 3. The quantitative estimate of drug-likeness (QED) is 0.564. The zero-order valence-electron chi connectivity index (χ0n) is 9.41. The fourth-order valence-electron chi connectivity index (χ4n) is 1.53. The molecule has 0 radical (unpaired) electrons. The van der Waals surface area contributed by atoms with Gasteiger partial charge in [-0.15, -0.1) is 11.6 Å². The van der Waals surface area contributed by atoms with Crippen molar-refractivity contribution in [3.63, 3.8) is 0 Å². The summed E-state index contributed by atoms with van der Waals surface area (Å²) in [6, 6.07) is 13.3. The predicted octanol–water partition coefficient (Wildman–Crippen LogP) is 4.84. The molecule has 2 aromatic carbocycles. The van der Waals surface area contributed by atoms with E-state index in [4.69, 9.17) is 23.2 Å². The number of aliphatic imine (C=N–C) groups is 1. The van der Waals surface area contributed by atoms with E-state index in [1.54, 1.807) is 18.2 Å². The van der Waals surface area contributed by atoms with E-state index in [1.807, 2.05) is 18.2 Å². The highest BCUT2D eigenvalue weighted by Crippen LogP contribution is 2.20. The van der Waals surface area contributed by atoms with Gasteiger partial charge in [-0.05, 0) is 30.3 Å². The van der Waals surface area contributed by atoms with Crippen LogP contribution >= 0.6 is 23.2 Å². The van der Waals surface area contributed by atoms with Crippen LogP contribution in [0.3, 0.4) is 0 Å². The lowest BCUT2D eigenvalue weighted by molar-refractivity contribution is 0.628. The minimum absolute atomic E-state index is 0.237. The van der Waals surface area contributed by atoms with Crippen LogP contribution in [-0.2, 0) is 0 Å². The molecule has 4 heteroatoms. The summed E-state index contributed by atoms with van der Waals surface area (Å²) >= 11 is 12.0. The van der Waals surface area contributed by atoms with Crippen molar-refractivity contribution in [2.75, 3.05) is 5.88 Å². The second-order valence-electron chi connectivity index (χ2n) is 3.65. The predicted molar refractivity (Wildman–Crippen MR) is 74.8 cm³/mol. The van der Waals surface area contributed by atoms with Crippen LogP contribution in [0.25, 0.3) is 0 Å². The van der Waals surface area contributed by atoms with E-state index in [0.29, 0.717) is 16.4 Å². The second kappa shape index (κ2) is 5.98. The van der Waals surface area contributed by atoms with Gasteiger partial charge in [0.05, 0.1) is 17.3 Å². The van der Waals surface area contributed by atoms with Crippen molar-refractivity contribution in [3.05, 3.63) is 64.9 Å². The molecule has 0 saturated carbocycles. The van der Waals surface area contributed by atoms with Crippen molar-refractivity contribution >= 4 is 34.6 Å². The molecule has 2 aromatic rings. The molecule has 0 N–H and O–H groups in total. The lowest BCUT2D eigenvalue weighted by Crippen LogP contribution is -2.02. The van der Waals surface area contributed by atoms with Gasteiger partial charge in [0.15, 0.2) is 0 Å². The van der Waals surface area contributed by atoms with Crippen LogP contribution in [-0.4, -0.2) is 11.6 Å². The molecule has 0 aromatic heterocycles. The Bertz CT molecular complexity index is 564. The van der Waals surface area contributed by atoms with Gasteiger partial charge in [-0.1, -0.05) is 29.8 Å². The maximum absolute atomic E-state index is 12.8. The van der Waals surface area contributed by atoms with E-state index >= 15 is 0 Å². The van der Waals surface area contributed by atoms with Crippen molar-refractivity contribution in [1.82, 2.24) is 0 Å². The Morgan fingerprint density at radius 1 is 1.06 bits per heavy atom. The van der Waals surface area contributed by atoms with Gasteiger partial charge in [0.1, 0.15) is 5.82 Å². The lowest BCUT2D eigenvalue weighted by atomic mass is 10.1. The van der Waals surface area contributed by atoms with Crippen LogP contribution in [0.2, 0.25) is 5.02 Å². The van der Waals surface area contributed by atoms with E-state index in [-0.39, 0.29) is 11.7 Å². The van der Waals surface area contributed by atoms with Crippen LogP contribution in [0, 0.1) is 5.82 Å². The minimum Gasteiger partial charge on any atom is -0.252 e. The summed E-state index contributed by atoms with van der Waals surface area (Å²) in [7, 11) is 0. The van der Waals surface area contributed by atoms with Crippen molar-refractivity contribution in [2.24, 2.45) is 4.99 Å². The second-order valence-corrected chi connectivity index (χ2v) is 4.32. The average molecular weight is 282 g/mol. The van der Waals surface area contributed by atoms with Gasteiger partial charge < -0.3 is 0 Å². The number of hydrogen-bond donors (Lipinski definition) is 0. The summed E-state index contributed by atoms with van der Waals surface area (Å²) in [5, 5.41) is 0.596. The SMILES string of the molecule is Fc1ccc(N=C(CCl)c2ccccc2Cl)cc1. The summed E-state index contributed by atoms with van der Waals surface area (Å²) < 4.78 is 12.8. The average Bonchev–Trinajstić information content (AvgIpc) is 2.39. The van der Waals surface area contributed by atoms with Gasteiger partial charge in [-0.3, -0.25) is 4.99 Å². The number of rotatable bonds is 3. The van der Waals surface area contributed by atoms with E-state index in [9.17, 15) is 4.39 Å². The Morgan fingerprint density at radius 2 is 1.72 bits per heavy atom.